The maximum atomic E-state index is 12.0. The molecule has 0 radical (unpaired) electrons. The van der Waals surface area contributed by atoms with Gasteiger partial charge in [-0.25, -0.2) is 4.98 Å². The largest absolute Gasteiger partial charge is 0.356 e. The van der Waals surface area contributed by atoms with Crippen LogP contribution in [0.5, 0.6) is 0 Å². The van der Waals surface area contributed by atoms with Gasteiger partial charge in [0.1, 0.15) is 0 Å². The zero-order valence-electron chi connectivity index (χ0n) is 19.6. The van der Waals surface area contributed by atoms with Gasteiger partial charge in [-0.05, 0) is 19.3 Å². The van der Waals surface area contributed by atoms with Crippen LogP contribution < -0.4 is 5.32 Å². The van der Waals surface area contributed by atoms with E-state index in [0.717, 1.165) is 59.2 Å². The topological polar surface area (TPSA) is 46.9 Å². The molecule has 33 heavy (non-hydrogen) atoms. The van der Waals surface area contributed by atoms with Gasteiger partial charge in [-0.3, -0.25) is 4.79 Å². The number of imidazole rings is 1. The predicted octanol–water partition coefficient (Wildman–Crippen LogP) is 6.97. The average Bonchev–Trinajstić information content (AvgIpc) is 3.21. The normalized spacial score (nSPS) is 10.8. The molecule has 1 heterocycles. The molecule has 2 aromatic carbocycles. The second-order valence-electron chi connectivity index (χ2n) is 8.09. The number of hydrogen-bond acceptors (Lipinski definition) is 3. The Hall–Kier alpha value is -2.79. The number of rotatable bonds is 14. The zero-order chi connectivity index (χ0) is 23.3. The van der Waals surface area contributed by atoms with E-state index in [4.69, 9.17) is 4.98 Å². The van der Waals surface area contributed by atoms with Crippen LogP contribution in [0.3, 0.4) is 0 Å². The van der Waals surface area contributed by atoms with Gasteiger partial charge in [0.2, 0.25) is 5.91 Å². The van der Waals surface area contributed by atoms with Crippen LogP contribution in [0, 0.1) is 0 Å². The molecule has 0 spiro atoms. The third-order valence-corrected chi connectivity index (χ3v) is 6.53. The summed E-state index contributed by atoms with van der Waals surface area (Å²) in [5.74, 6) is 1.10. The fraction of sp³-hybridized carbons (Fsp3) is 0.357. The first-order valence-electron chi connectivity index (χ1n) is 12.0. The van der Waals surface area contributed by atoms with Crippen molar-refractivity contribution in [3.63, 3.8) is 0 Å². The minimum absolute atomic E-state index is 0.169. The van der Waals surface area contributed by atoms with E-state index in [-0.39, 0.29) is 5.91 Å². The first-order valence-corrected chi connectivity index (χ1v) is 12.9. The van der Waals surface area contributed by atoms with Crippen LogP contribution in [0.25, 0.3) is 22.5 Å². The number of allylic oxidation sites excluding steroid dienone is 1. The maximum Gasteiger partial charge on any atom is 0.219 e. The molecular formula is C28H35N3OS. The molecule has 0 aliphatic heterocycles. The molecule has 174 valence electrons. The van der Waals surface area contributed by atoms with Crippen molar-refractivity contribution < 1.29 is 4.79 Å². The Balaban J connectivity index is 1.69. The lowest BCUT2D eigenvalue weighted by atomic mass is 10.0. The van der Waals surface area contributed by atoms with Crippen LogP contribution in [0.4, 0.5) is 0 Å². The number of hydrogen-bond donors (Lipinski definition) is 1. The molecule has 0 aliphatic carbocycles. The summed E-state index contributed by atoms with van der Waals surface area (Å²) in [6.07, 6.45) is 7.81. The molecule has 3 rings (SSSR count). The molecular weight excluding hydrogens is 426 g/mol. The summed E-state index contributed by atoms with van der Waals surface area (Å²) in [5.41, 5.74) is 4.38. The minimum Gasteiger partial charge on any atom is -0.356 e. The standard InChI is InChI=1S/C28H35N3OS/c1-3-5-13-20-29-25(32)19-12-14-22-33-28-30-26(23-15-8-6-9-16-23)27(31(28)21-4-2)24-17-10-7-11-18-24/h4,6-11,15-18H,2-3,5,12-14,19-22H2,1H3,(H,29,32). The highest BCUT2D eigenvalue weighted by atomic mass is 32.2. The second-order valence-corrected chi connectivity index (χ2v) is 9.15. The number of nitrogens with one attached hydrogen (secondary N) is 1. The Morgan fingerprint density at radius 1 is 1.00 bits per heavy atom. The van der Waals surface area contributed by atoms with Gasteiger partial charge in [0, 0.05) is 36.4 Å². The van der Waals surface area contributed by atoms with Crippen molar-refractivity contribution in [2.75, 3.05) is 12.3 Å². The van der Waals surface area contributed by atoms with Crippen LogP contribution in [0.2, 0.25) is 0 Å². The monoisotopic (exact) mass is 461 g/mol. The van der Waals surface area contributed by atoms with Crippen molar-refractivity contribution in [3.05, 3.63) is 73.3 Å². The molecule has 0 aliphatic rings. The molecule has 3 aromatic rings. The summed E-state index contributed by atoms with van der Waals surface area (Å²) in [7, 11) is 0. The van der Waals surface area contributed by atoms with Gasteiger partial charge in [-0.1, -0.05) is 98.3 Å². The Kier molecular flexibility index (Phi) is 10.3. The minimum atomic E-state index is 0.169. The SMILES string of the molecule is C=CCn1c(SCCCCC(=O)NCCCCC)nc(-c2ccccc2)c1-c1ccccc1. The maximum absolute atomic E-state index is 12.0. The van der Waals surface area contributed by atoms with E-state index < -0.39 is 0 Å². The second kappa shape index (κ2) is 13.7. The summed E-state index contributed by atoms with van der Waals surface area (Å²) in [4.78, 5) is 17.1. The third kappa shape index (κ3) is 7.36. The van der Waals surface area contributed by atoms with Crippen molar-refractivity contribution in [1.82, 2.24) is 14.9 Å². The molecule has 1 aromatic heterocycles. The summed E-state index contributed by atoms with van der Waals surface area (Å²) in [5, 5.41) is 4.02. The van der Waals surface area contributed by atoms with Crippen molar-refractivity contribution in [2.24, 2.45) is 0 Å². The lowest BCUT2D eigenvalue weighted by molar-refractivity contribution is -0.121. The van der Waals surface area contributed by atoms with Gasteiger partial charge in [-0.2, -0.15) is 0 Å². The van der Waals surface area contributed by atoms with Crippen molar-refractivity contribution in [2.45, 2.75) is 57.1 Å². The van der Waals surface area contributed by atoms with Crippen LogP contribution in [0.1, 0.15) is 45.4 Å². The van der Waals surface area contributed by atoms with Crippen LogP contribution in [-0.2, 0) is 11.3 Å². The molecule has 0 bridgehead atoms. The predicted molar refractivity (Wildman–Crippen MR) is 140 cm³/mol. The van der Waals surface area contributed by atoms with Gasteiger partial charge in [0.15, 0.2) is 5.16 Å². The van der Waals surface area contributed by atoms with E-state index in [0.29, 0.717) is 13.0 Å². The summed E-state index contributed by atoms with van der Waals surface area (Å²) in [6, 6.07) is 20.8. The highest BCUT2D eigenvalue weighted by Gasteiger charge is 2.19. The fourth-order valence-electron chi connectivity index (χ4n) is 3.77. The molecule has 0 saturated heterocycles. The molecule has 0 fully saturated rings. The highest BCUT2D eigenvalue weighted by Crippen LogP contribution is 2.36. The molecule has 5 heteroatoms. The van der Waals surface area contributed by atoms with Crippen LogP contribution >= 0.6 is 11.8 Å². The molecule has 1 N–H and O–H groups in total. The lowest BCUT2D eigenvalue weighted by Crippen LogP contribution is -2.23. The number of nitrogens with zero attached hydrogens (tertiary/aromatic N) is 2. The highest BCUT2D eigenvalue weighted by molar-refractivity contribution is 7.99. The number of aromatic nitrogens is 2. The van der Waals surface area contributed by atoms with E-state index in [1.54, 1.807) is 11.8 Å². The molecule has 0 saturated carbocycles. The number of amides is 1. The van der Waals surface area contributed by atoms with E-state index in [1.807, 2.05) is 18.2 Å². The van der Waals surface area contributed by atoms with Crippen molar-refractivity contribution in [3.8, 4) is 22.5 Å². The number of carbonyl (C=O) groups is 1. The average molecular weight is 462 g/mol. The number of unbranched alkanes of at least 4 members (excludes halogenated alkanes) is 3. The van der Waals surface area contributed by atoms with Gasteiger partial charge in [0.05, 0.1) is 11.4 Å². The van der Waals surface area contributed by atoms with Gasteiger partial charge in [-0.15, -0.1) is 6.58 Å². The zero-order valence-corrected chi connectivity index (χ0v) is 20.4. The Morgan fingerprint density at radius 3 is 2.36 bits per heavy atom. The first kappa shape index (κ1) is 24.8. The molecule has 0 unspecified atom stereocenters. The van der Waals surface area contributed by atoms with Gasteiger partial charge >= 0.3 is 0 Å². The lowest BCUT2D eigenvalue weighted by Gasteiger charge is -2.11. The van der Waals surface area contributed by atoms with Gasteiger partial charge in [0.25, 0.3) is 0 Å². The Morgan fingerprint density at radius 2 is 1.70 bits per heavy atom. The number of benzene rings is 2. The van der Waals surface area contributed by atoms with E-state index in [2.05, 4.69) is 71.9 Å². The summed E-state index contributed by atoms with van der Waals surface area (Å²) >= 11 is 1.76. The fourth-order valence-corrected chi connectivity index (χ4v) is 4.78. The van der Waals surface area contributed by atoms with Crippen molar-refractivity contribution >= 4 is 17.7 Å². The molecule has 0 atom stereocenters. The number of thioether (sulfide) groups is 1. The summed E-state index contributed by atoms with van der Waals surface area (Å²) < 4.78 is 2.26. The Labute approximate surface area is 202 Å². The van der Waals surface area contributed by atoms with Crippen LogP contribution in [-0.4, -0.2) is 27.8 Å². The first-order chi connectivity index (χ1) is 16.2. The number of carbonyl (C=O) groups excluding carboxylic acids is 1. The third-order valence-electron chi connectivity index (χ3n) is 5.47. The molecule has 1 amide bonds. The quantitative estimate of drug-likeness (QED) is 0.160. The van der Waals surface area contributed by atoms with E-state index >= 15 is 0 Å². The van der Waals surface area contributed by atoms with E-state index in [1.165, 1.54) is 12.8 Å². The summed E-state index contributed by atoms with van der Waals surface area (Å²) in [6.45, 7) is 7.65. The Bertz CT molecular complexity index is 999. The van der Waals surface area contributed by atoms with Crippen molar-refractivity contribution in [1.29, 1.82) is 0 Å². The van der Waals surface area contributed by atoms with E-state index in [9.17, 15) is 4.79 Å². The smallest absolute Gasteiger partial charge is 0.219 e. The van der Waals surface area contributed by atoms with Crippen LogP contribution in [0.15, 0.2) is 78.5 Å². The molecule has 4 nitrogen and oxygen atoms in total. The van der Waals surface area contributed by atoms with Gasteiger partial charge < -0.3 is 9.88 Å².